The lowest BCUT2D eigenvalue weighted by Gasteiger charge is -2.22. The van der Waals surface area contributed by atoms with Gasteiger partial charge in [-0.3, -0.25) is 4.79 Å². The topological polar surface area (TPSA) is 42.0 Å². The summed E-state index contributed by atoms with van der Waals surface area (Å²) in [6.07, 6.45) is 8.60. The molecular weight excluding hydrogens is 316 g/mol. The van der Waals surface area contributed by atoms with Crippen molar-refractivity contribution in [2.45, 2.75) is 49.5 Å². The molecule has 4 heteroatoms. The van der Waals surface area contributed by atoms with E-state index in [1.807, 2.05) is 18.2 Å². The third kappa shape index (κ3) is 4.84. The molecule has 1 aliphatic carbocycles. The van der Waals surface area contributed by atoms with E-state index < -0.39 is 0 Å². The van der Waals surface area contributed by atoms with Crippen molar-refractivity contribution in [1.29, 1.82) is 0 Å². The van der Waals surface area contributed by atoms with Gasteiger partial charge in [-0.25, -0.2) is 4.98 Å². The molecule has 1 aliphatic rings. The lowest BCUT2D eigenvalue weighted by atomic mass is 9.95. The van der Waals surface area contributed by atoms with Crippen LogP contribution < -0.4 is 5.32 Å². The minimum absolute atomic E-state index is 0.0234. The maximum atomic E-state index is 12.6. The summed E-state index contributed by atoms with van der Waals surface area (Å²) < 4.78 is 0. The number of rotatable bonds is 6. The van der Waals surface area contributed by atoms with Crippen molar-refractivity contribution in [2.24, 2.45) is 0 Å². The Labute approximate surface area is 148 Å². The van der Waals surface area contributed by atoms with Gasteiger partial charge in [-0.2, -0.15) is 0 Å². The third-order valence-corrected chi connectivity index (χ3v) is 5.47. The molecule has 1 aromatic carbocycles. The maximum Gasteiger partial charge on any atom is 0.271 e. The average molecular weight is 340 g/mol. The summed E-state index contributed by atoms with van der Waals surface area (Å²) in [4.78, 5) is 17.9. The lowest BCUT2D eigenvalue weighted by molar-refractivity contribution is 0.0919. The number of pyridine rings is 1. The Kier molecular flexibility index (Phi) is 6.30. The number of hydrogen-bond acceptors (Lipinski definition) is 3. The number of carbonyl (C=O) groups excluding carboxylic acids is 1. The van der Waals surface area contributed by atoms with Crippen molar-refractivity contribution in [3.63, 3.8) is 0 Å². The van der Waals surface area contributed by atoms with Gasteiger partial charge in [-0.05, 0) is 37.0 Å². The summed E-state index contributed by atoms with van der Waals surface area (Å²) in [6.45, 7) is 0. The second-order valence-electron chi connectivity index (χ2n) is 6.24. The van der Waals surface area contributed by atoms with Crippen LogP contribution in [0.15, 0.2) is 53.6 Å². The predicted octanol–water partition coefficient (Wildman–Crippen LogP) is 4.48. The molecule has 1 amide bonds. The van der Waals surface area contributed by atoms with Crippen molar-refractivity contribution in [3.8, 4) is 0 Å². The van der Waals surface area contributed by atoms with E-state index in [1.165, 1.54) is 24.8 Å². The molecule has 3 rings (SSSR count). The molecule has 0 bridgehead atoms. The van der Waals surface area contributed by atoms with E-state index in [2.05, 4.69) is 34.6 Å². The first-order valence-corrected chi connectivity index (χ1v) is 9.74. The molecule has 3 nitrogen and oxygen atoms in total. The summed E-state index contributed by atoms with van der Waals surface area (Å²) in [5.74, 6) is 0.920. The van der Waals surface area contributed by atoms with Crippen molar-refractivity contribution in [2.75, 3.05) is 5.75 Å². The highest BCUT2D eigenvalue weighted by atomic mass is 32.2. The highest BCUT2D eigenvalue weighted by Crippen LogP contribution is 2.23. The molecule has 2 aromatic rings. The largest absolute Gasteiger partial charge is 0.348 e. The molecule has 1 heterocycles. The Hall–Kier alpha value is -1.81. The van der Waals surface area contributed by atoms with Crippen LogP contribution in [0.4, 0.5) is 0 Å². The minimum Gasteiger partial charge on any atom is -0.348 e. The Bertz CT molecular complexity index is 654. The number of amides is 1. The summed E-state index contributed by atoms with van der Waals surface area (Å²) in [5, 5.41) is 3.17. The van der Waals surface area contributed by atoms with Crippen molar-refractivity contribution in [3.05, 3.63) is 59.9 Å². The molecule has 0 spiro atoms. The summed E-state index contributed by atoms with van der Waals surface area (Å²) in [6, 6.07) is 14.7. The molecule has 24 heavy (non-hydrogen) atoms. The molecule has 1 aromatic heterocycles. The highest BCUT2D eigenvalue weighted by Gasteiger charge is 2.19. The number of thioether (sulfide) groups is 1. The molecule has 0 radical (unpaired) electrons. The molecule has 0 aliphatic heterocycles. The maximum absolute atomic E-state index is 12.6. The number of hydrogen-bond donors (Lipinski definition) is 1. The summed E-state index contributed by atoms with van der Waals surface area (Å²) in [5.41, 5.74) is 1.89. The van der Waals surface area contributed by atoms with Gasteiger partial charge >= 0.3 is 0 Å². The summed E-state index contributed by atoms with van der Waals surface area (Å²) >= 11 is 1.71. The van der Waals surface area contributed by atoms with Gasteiger partial charge in [-0.1, -0.05) is 49.6 Å². The first-order chi connectivity index (χ1) is 11.8. The number of aromatic nitrogens is 1. The number of carbonyl (C=O) groups is 1. The van der Waals surface area contributed by atoms with Crippen LogP contribution in [0.5, 0.6) is 0 Å². The molecular formula is C20H24N2OS. The SMILES string of the molecule is O=C(NC1CCCCC1)c1ncccc1SCCc1ccccc1. The van der Waals surface area contributed by atoms with Gasteiger partial charge in [0.25, 0.3) is 5.91 Å². The number of aryl methyl sites for hydroxylation is 1. The first-order valence-electron chi connectivity index (χ1n) is 8.75. The zero-order valence-electron chi connectivity index (χ0n) is 13.9. The predicted molar refractivity (Wildman–Crippen MR) is 99.4 cm³/mol. The first kappa shape index (κ1) is 17.0. The van der Waals surface area contributed by atoms with E-state index in [9.17, 15) is 4.79 Å². The second-order valence-corrected chi connectivity index (χ2v) is 7.38. The molecule has 1 N–H and O–H groups in total. The van der Waals surface area contributed by atoms with Crippen LogP contribution in [0.2, 0.25) is 0 Å². The normalized spacial score (nSPS) is 15.2. The van der Waals surface area contributed by atoms with Crippen LogP contribution in [0, 0.1) is 0 Å². The molecule has 0 unspecified atom stereocenters. The quantitative estimate of drug-likeness (QED) is 0.788. The monoisotopic (exact) mass is 340 g/mol. The zero-order valence-corrected chi connectivity index (χ0v) is 14.7. The Morgan fingerprint density at radius 3 is 2.67 bits per heavy atom. The van der Waals surface area contributed by atoms with E-state index in [0.29, 0.717) is 11.7 Å². The van der Waals surface area contributed by atoms with Crippen LogP contribution in [-0.2, 0) is 6.42 Å². The van der Waals surface area contributed by atoms with E-state index in [-0.39, 0.29) is 5.91 Å². The Balaban J connectivity index is 1.58. The van der Waals surface area contributed by atoms with E-state index in [0.717, 1.165) is 29.9 Å². The Morgan fingerprint density at radius 1 is 1.08 bits per heavy atom. The van der Waals surface area contributed by atoms with Gasteiger partial charge in [0.05, 0.1) is 0 Å². The summed E-state index contributed by atoms with van der Waals surface area (Å²) in [7, 11) is 0. The molecule has 0 atom stereocenters. The minimum atomic E-state index is -0.0234. The zero-order chi connectivity index (χ0) is 16.6. The van der Waals surface area contributed by atoms with Crippen molar-refractivity contribution >= 4 is 17.7 Å². The fourth-order valence-electron chi connectivity index (χ4n) is 3.10. The highest BCUT2D eigenvalue weighted by molar-refractivity contribution is 7.99. The van der Waals surface area contributed by atoms with Gasteiger partial charge in [0.15, 0.2) is 0 Å². The molecule has 1 fully saturated rings. The van der Waals surface area contributed by atoms with E-state index in [4.69, 9.17) is 0 Å². The molecule has 126 valence electrons. The average Bonchev–Trinajstić information content (AvgIpc) is 2.64. The fraction of sp³-hybridized carbons (Fsp3) is 0.400. The van der Waals surface area contributed by atoms with E-state index in [1.54, 1.807) is 18.0 Å². The van der Waals surface area contributed by atoms with Crippen molar-refractivity contribution in [1.82, 2.24) is 10.3 Å². The van der Waals surface area contributed by atoms with Gasteiger partial charge < -0.3 is 5.32 Å². The van der Waals surface area contributed by atoms with Crippen LogP contribution in [-0.4, -0.2) is 22.7 Å². The van der Waals surface area contributed by atoms with Crippen LogP contribution in [0.25, 0.3) is 0 Å². The second kappa shape index (κ2) is 8.88. The fourth-order valence-corrected chi connectivity index (χ4v) is 4.12. The van der Waals surface area contributed by atoms with E-state index >= 15 is 0 Å². The Morgan fingerprint density at radius 2 is 1.88 bits per heavy atom. The van der Waals surface area contributed by atoms with Gasteiger partial charge in [0, 0.05) is 22.9 Å². The van der Waals surface area contributed by atoms with Gasteiger partial charge in [0.1, 0.15) is 5.69 Å². The number of nitrogens with one attached hydrogen (secondary N) is 1. The third-order valence-electron chi connectivity index (χ3n) is 4.42. The van der Waals surface area contributed by atoms with Crippen LogP contribution in [0.1, 0.15) is 48.2 Å². The molecule has 1 saturated carbocycles. The van der Waals surface area contributed by atoms with Gasteiger partial charge in [-0.15, -0.1) is 11.8 Å². The lowest BCUT2D eigenvalue weighted by Crippen LogP contribution is -2.36. The van der Waals surface area contributed by atoms with Gasteiger partial charge in [0.2, 0.25) is 0 Å². The van der Waals surface area contributed by atoms with Crippen molar-refractivity contribution < 1.29 is 4.79 Å². The standard InChI is InChI=1S/C20H24N2OS/c23-20(22-17-10-5-2-6-11-17)19-18(12-7-14-21-19)24-15-13-16-8-3-1-4-9-16/h1,3-4,7-9,12,14,17H,2,5-6,10-11,13,15H2,(H,22,23). The number of nitrogens with zero attached hydrogens (tertiary/aromatic N) is 1. The smallest absolute Gasteiger partial charge is 0.271 e. The van der Waals surface area contributed by atoms with Crippen LogP contribution in [0.3, 0.4) is 0 Å². The number of benzene rings is 1. The molecule has 0 saturated heterocycles. The van der Waals surface area contributed by atoms with Crippen LogP contribution >= 0.6 is 11.8 Å².